The van der Waals surface area contributed by atoms with Gasteiger partial charge in [-0.2, -0.15) is 0 Å². The third-order valence-electron chi connectivity index (χ3n) is 4.23. The number of nitrogens with zero attached hydrogens (tertiary/aromatic N) is 1. The number of ether oxygens (including phenoxy) is 1. The predicted octanol–water partition coefficient (Wildman–Crippen LogP) is 3.12. The molecular weight excluding hydrogens is 382 g/mol. The number of para-hydroxylation sites is 1. The third-order valence-corrected chi connectivity index (χ3v) is 4.23. The number of benzene rings is 2. The maximum absolute atomic E-state index is 12.6. The summed E-state index contributed by atoms with van der Waals surface area (Å²) < 4.78 is 4.96. The molecule has 2 N–H and O–H groups in total. The van der Waals surface area contributed by atoms with Crippen LogP contribution >= 0.6 is 0 Å². The van der Waals surface area contributed by atoms with Gasteiger partial charge >= 0.3 is 5.97 Å². The van der Waals surface area contributed by atoms with Crippen LogP contribution in [0.1, 0.15) is 32.0 Å². The number of hydrogen-bond donors (Lipinski definition) is 2. The van der Waals surface area contributed by atoms with E-state index >= 15 is 0 Å². The van der Waals surface area contributed by atoms with E-state index in [4.69, 9.17) is 4.74 Å². The average molecular weight is 403 g/mol. The van der Waals surface area contributed by atoms with Gasteiger partial charge < -0.3 is 15.4 Å². The number of aromatic nitrogens is 1. The highest BCUT2D eigenvalue weighted by molar-refractivity contribution is 6.04. The predicted molar refractivity (Wildman–Crippen MR) is 112 cm³/mol. The van der Waals surface area contributed by atoms with Gasteiger partial charge in [0.05, 0.1) is 11.3 Å². The van der Waals surface area contributed by atoms with E-state index in [9.17, 15) is 14.4 Å². The van der Waals surface area contributed by atoms with Gasteiger partial charge in [-0.05, 0) is 36.8 Å². The van der Waals surface area contributed by atoms with E-state index in [2.05, 4.69) is 15.6 Å². The largest absolute Gasteiger partial charge is 0.451 e. The van der Waals surface area contributed by atoms with E-state index in [0.29, 0.717) is 17.8 Å². The quantitative estimate of drug-likeness (QED) is 0.591. The molecular formula is C23H21N3O4. The average Bonchev–Trinajstić information content (AvgIpc) is 2.78. The van der Waals surface area contributed by atoms with E-state index in [-0.39, 0.29) is 11.6 Å². The topological polar surface area (TPSA) is 97.4 Å². The van der Waals surface area contributed by atoms with Crippen molar-refractivity contribution in [3.63, 3.8) is 0 Å². The Bertz CT molecular complexity index is 1030. The summed E-state index contributed by atoms with van der Waals surface area (Å²) in [6.45, 7) is 1.87. The summed E-state index contributed by atoms with van der Waals surface area (Å²) in [7, 11) is 0. The van der Waals surface area contributed by atoms with Crippen molar-refractivity contribution in [2.75, 3.05) is 11.9 Å². The number of esters is 1. The van der Waals surface area contributed by atoms with Crippen molar-refractivity contribution < 1.29 is 19.1 Å². The van der Waals surface area contributed by atoms with Crippen LogP contribution < -0.4 is 10.6 Å². The molecule has 7 nitrogen and oxygen atoms in total. The Kier molecular flexibility index (Phi) is 6.89. The lowest BCUT2D eigenvalue weighted by Gasteiger charge is -2.12. The molecule has 30 heavy (non-hydrogen) atoms. The van der Waals surface area contributed by atoms with Crippen LogP contribution in [0.3, 0.4) is 0 Å². The van der Waals surface area contributed by atoms with Crippen LogP contribution in [0, 0.1) is 6.92 Å². The van der Waals surface area contributed by atoms with Crippen molar-refractivity contribution in [3.05, 3.63) is 95.3 Å². The maximum atomic E-state index is 12.6. The second-order valence-corrected chi connectivity index (χ2v) is 6.55. The number of nitrogens with one attached hydrogen (secondary N) is 2. The molecule has 0 bridgehead atoms. The van der Waals surface area contributed by atoms with Crippen LogP contribution in [0.25, 0.3) is 0 Å². The molecule has 3 rings (SSSR count). The zero-order chi connectivity index (χ0) is 21.3. The van der Waals surface area contributed by atoms with Gasteiger partial charge in [0.1, 0.15) is 5.69 Å². The van der Waals surface area contributed by atoms with Gasteiger partial charge in [-0.15, -0.1) is 0 Å². The summed E-state index contributed by atoms with van der Waals surface area (Å²) in [6, 6.07) is 19.3. The Labute approximate surface area is 174 Å². The van der Waals surface area contributed by atoms with E-state index in [1.807, 2.05) is 31.2 Å². The molecule has 1 heterocycles. The van der Waals surface area contributed by atoms with Crippen molar-refractivity contribution in [1.29, 1.82) is 0 Å². The fraction of sp³-hybridized carbons (Fsp3) is 0.130. The highest BCUT2D eigenvalue weighted by Crippen LogP contribution is 2.15. The lowest BCUT2D eigenvalue weighted by atomic mass is 10.1. The Hall–Kier alpha value is -4.00. The zero-order valence-corrected chi connectivity index (χ0v) is 16.4. The summed E-state index contributed by atoms with van der Waals surface area (Å²) in [4.78, 5) is 40.5. The summed E-state index contributed by atoms with van der Waals surface area (Å²) in [5.74, 6) is -1.58. The highest BCUT2D eigenvalue weighted by atomic mass is 16.5. The smallest absolute Gasteiger partial charge is 0.357 e. The Balaban J connectivity index is 1.57. The number of pyridine rings is 1. The van der Waals surface area contributed by atoms with Gasteiger partial charge in [-0.3, -0.25) is 9.59 Å². The molecule has 3 aromatic rings. The minimum Gasteiger partial charge on any atom is -0.451 e. The summed E-state index contributed by atoms with van der Waals surface area (Å²) >= 11 is 0. The van der Waals surface area contributed by atoms with E-state index in [1.165, 1.54) is 12.3 Å². The molecule has 0 aliphatic heterocycles. The maximum Gasteiger partial charge on any atom is 0.357 e. The first-order chi connectivity index (χ1) is 14.5. The summed E-state index contributed by atoms with van der Waals surface area (Å²) in [5, 5.41) is 5.44. The van der Waals surface area contributed by atoms with E-state index in [1.54, 1.807) is 36.4 Å². The van der Waals surface area contributed by atoms with Gasteiger partial charge in [0, 0.05) is 12.7 Å². The first-order valence-electron chi connectivity index (χ1n) is 9.34. The van der Waals surface area contributed by atoms with E-state index in [0.717, 1.165) is 11.1 Å². The number of hydrogen-bond acceptors (Lipinski definition) is 5. The molecule has 0 aliphatic rings. The second kappa shape index (κ2) is 9.97. The Morgan fingerprint density at radius 2 is 1.67 bits per heavy atom. The van der Waals surface area contributed by atoms with Crippen molar-refractivity contribution in [2.45, 2.75) is 13.5 Å². The van der Waals surface area contributed by atoms with Gasteiger partial charge in [-0.1, -0.05) is 48.0 Å². The molecule has 0 spiro atoms. The monoisotopic (exact) mass is 403 g/mol. The number of anilines is 1. The minimum atomic E-state index is -0.699. The second-order valence-electron chi connectivity index (χ2n) is 6.55. The molecule has 0 unspecified atom stereocenters. The van der Waals surface area contributed by atoms with Crippen LogP contribution in [0.15, 0.2) is 72.9 Å². The zero-order valence-electron chi connectivity index (χ0n) is 16.4. The van der Waals surface area contributed by atoms with Crippen LogP contribution in [0.4, 0.5) is 5.69 Å². The molecule has 0 aliphatic carbocycles. The molecule has 0 fully saturated rings. The van der Waals surface area contributed by atoms with Crippen molar-refractivity contribution >= 4 is 23.5 Å². The number of rotatable bonds is 7. The molecule has 0 saturated heterocycles. The van der Waals surface area contributed by atoms with Crippen LogP contribution in [0.5, 0.6) is 0 Å². The van der Waals surface area contributed by atoms with Crippen molar-refractivity contribution in [2.24, 2.45) is 0 Å². The molecule has 2 amide bonds. The molecule has 0 radical (unpaired) electrons. The molecule has 7 heteroatoms. The van der Waals surface area contributed by atoms with Gasteiger partial charge in [0.25, 0.3) is 11.8 Å². The van der Waals surface area contributed by atoms with Crippen LogP contribution in [-0.4, -0.2) is 29.4 Å². The van der Waals surface area contributed by atoms with Gasteiger partial charge in [-0.25, -0.2) is 9.78 Å². The number of aryl methyl sites for hydroxylation is 1. The van der Waals surface area contributed by atoms with Gasteiger partial charge in [0.2, 0.25) is 0 Å². The third kappa shape index (κ3) is 5.75. The van der Waals surface area contributed by atoms with Gasteiger partial charge in [0.15, 0.2) is 6.61 Å². The summed E-state index contributed by atoms with van der Waals surface area (Å²) in [5.41, 5.74) is 2.87. The fourth-order valence-corrected chi connectivity index (χ4v) is 2.65. The lowest BCUT2D eigenvalue weighted by Crippen LogP contribution is -2.26. The molecule has 0 atom stereocenters. The number of carbonyl (C=O) groups excluding carboxylic acids is 3. The van der Waals surface area contributed by atoms with E-state index < -0.39 is 18.5 Å². The lowest BCUT2D eigenvalue weighted by molar-refractivity contribution is -0.119. The van der Waals surface area contributed by atoms with Crippen molar-refractivity contribution in [1.82, 2.24) is 10.3 Å². The minimum absolute atomic E-state index is 0.112. The first kappa shape index (κ1) is 20.7. The Morgan fingerprint density at radius 3 is 2.40 bits per heavy atom. The SMILES string of the molecule is Cc1ccc(CNC(=O)c2ccccc2NC(=O)COC(=O)c2ccccn2)cc1. The first-order valence-corrected chi connectivity index (χ1v) is 9.34. The Morgan fingerprint density at radius 1 is 0.933 bits per heavy atom. The molecule has 0 saturated carbocycles. The van der Waals surface area contributed by atoms with Crippen molar-refractivity contribution in [3.8, 4) is 0 Å². The molecule has 1 aromatic heterocycles. The number of amides is 2. The van der Waals surface area contributed by atoms with Crippen LogP contribution in [0.2, 0.25) is 0 Å². The fourth-order valence-electron chi connectivity index (χ4n) is 2.65. The molecule has 2 aromatic carbocycles. The standard InChI is InChI=1S/C23H21N3O4/c1-16-9-11-17(12-10-16)14-25-22(28)18-6-2-3-7-19(18)26-21(27)15-30-23(29)20-8-4-5-13-24-20/h2-13H,14-15H2,1H3,(H,25,28)(H,26,27). The molecule has 152 valence electrons. The highest BCUT2D eigenvalue weighted by Gasteiger charge is 2.15. The van der Waals surface area contributed by atoms with Crippen LogP contribution in [-0.2, 0) is 16.1 Å². The number of carbonyl (C=O) groups is 3. The normalized spacial score (nSPS) is 10.2. The summed E-state index contributed by atoms with van der Waals surface area (Å²) in [6.07, 6.45) is 1.46.